The second-order valence-corrected chi connectivity index (χ2v) is 3.92. The van der Waals surface area contributed by atoms with Crippen molar-refractivity contribution in [1.29, 1.82) is 0 Å². The molecule has 0 bridgehead atoms. The van der Waals surface area contributed by atoms with Crippen molar-refractivity contribution in [1.82, 2.24) is 14.9 Å². The van der Waals surface area contributed by atoms with Crippen molar-refractivity contribution in [3.05, 3.63) is 18.2 Å². The molecule has 0 aromatic carbocycles. The minimum atomic E-state index is 0.794. The first-order chi connectivity index (χ1) is 8.34. The third-order valence-corrected chi connectivity index (χ3v) is 2.63. The molecule has 100 valence electrons. The smallest absolute Gasteiger partial charge is 0.0949 e. The molecule has 1 aromatic heterocycles. The van der Waals surface area contributed by atoms with E-state index < -0.39 is 0 Å². The van der Waals surface area contributed by atoms with Gasteiger partial charge in [0.2, 0.25) is 0 Å². The summed E-state index contributed by atoms with van der Waals surface area (Å²) in [7, 11) is 0. The molecule has 0 aliphatic carbocycles. The number of aromatic nitrogens is 2. The Balaban J connectivity index is 0.000000581. The van der Waals surface area contributed by atoms with Crippen LogP contribution < -0.4 is 5.32 Å². The van der Waals surface area contributed by atoms with Crippen molar-refractivity contribution < 1.29 is 0 Å². The molecule has 1 aliphatic rings. The molecule has 0 saturated carbocycles. The van der Waals surface area contributed by atoms with Crippen LogP contribution in [0.15, 0.2) is 12.5 Å². The van der Waals surface area contributed by atoms with Crippen molar-refractivity contribution in [2.24, 2.45) is 5.92 Å². The lowest BCUT2D eigenvalue weighted by Gasteiger charge is -2.22. The number of nitrogens with one attached hydrogen (secondary N) is 1. The summed E-state index contributed by atoms with van der Waals surface area (Å²) in [5.74, 6) is 0.794. The summed E-state index contributed by atoms with van der Waals surface area (Å²) >= 11 is 0. The van der Waals surface area contributed by atoms with Gasteiger partial charge >= 0.3 is 0 Å². The molecule has 1 aromatic rings. The maximum atomic E-state index is 4.22. The lowest BCUT2D eigenvalue weighted by Crippen LogP contribution is -2.31. The summed E-state index contributed by atoms with van der Waals surface area (Å²) in [5, 5.41) is 3.43. The van der Waals surface area contributed by atoms with Gasteiger partial charge in [-0.1, -0.05) is 27.7 Å². The lowest BCUT2D eigenvalue weighted by molar-refractivity contribution is 0.337. The van der Waals surface area contributed by atoms with Crippen molar-refractivity contribution in [2.45, 2.75) is 54.0 Å². The van der Waals surface area contributed by atoms with Gasteiger partial charge in [-0.05, 0) is 38.8 Å². The molecule has 1 fully saturated rings. The number of hydrogen-bond acceptors (Lipinski definition) is 2. The zero-order valence-electron chi connectivity index (χ0n) is 12.2. The summed E-state index contributed by atoms with van der Waals surface area (Å²) in [4.78, 5) is 4.22. The summed E-state index contributed by atoms with van der Waals surface area (Å²) < 4.78 is 2.20. The molecular formula is C14H29N3. The highest BCUT2D eigenvalue weighted by Crippen LogP contribution is 2.12. The van der Waals surface area contributed by atoms with E-state index in [4.69, 9.17) is 0 Å². The molecule has 1 unspecified atom stereocenters. The van der Waals surface area contributed by atoms with Gasteiger partial charge in [-0.25, -0.2) is 4.98 Å². The molecule has 1 aliphatic heterocycles. The van der Waals surface area contributed by atoms with Crippen LogP contribution in [0.4, 0.5) is 0 Å². The fraction of sp³-hybridized carbons (Fsp3) is 0.786. The Morgan fingerprint density at radius 1 is 1.35 bits per heavy atom. The second kappa shape index (κ2) is 10.3. The van der Waals surface area contributed by atoms with Crippen LogP contribution in [0.2, 0.25) is 0 Å². The van der Waals surface area contributed by atoms with Gasteiger partial charge in [0.15, 0.2) is 0 Å². The Labute approximate surface area is 107 Å². The van der Waals surface area contributed by atoms with Crippen LogP contribution >= 0.6 is 0 Å². The fourth-order valence-electron chi connectivity index (χ4n) is 1.95. The summed E-state index contributed by atoms with van der Waals surface area (Å²) in [6.45, 7) is 13.5. The van der Waals surface area contributed by atoms with Gasteiger partial charge in [0, 0.05) is 12.7 Å². The van der Waals surface area contributed by atoms with E-state index >= 15 is 0 Å². The Hall–Kier alpha value is -0.830. The Morgan fingerprint density at radius 3 is 2.53 bits per heavy atom. The highest BCUT2D eigenvalue weighted by atomic mass is 15.0. The van der Waals surface area contributed by atoms with Crippen molar-refractivity contribution >= 4 is 0 Å². The topological polar surface area (TPSA) is 29.9 Å². The van der Waals surface area contributed by atoms with Gasteiger partial charge in [-0.15, -0.1) is 0 Å². The number of imidazole rings is 1. The Morgan fingerprint density at radius 2 is 2.06 bits per heavy atom. The normalized spacial score (nSPS) is 18.5. The lowest BCUT2D eigenvalue weighted by atomic mass is 10.00. The first-order valence-corrected chi connectivity index (χ1v) is 7.03. The largest absolute Gasteiger partial charge is 0.337 e. The van der Waals surface area contributed by atoms with Crippen LogP contribution in [-0.2, 0) is 6.54 Å². The summed E-state index contributed by atoms with van der Waals surface area (Å²) in [5.41, 5.74) is 1.11. The quantitative estimate of drug-likeness (QED) is 0.858. The van der Waals surface area contributed by atoms with Crippen molar-refractivity contribution in [2.75, 3.05) is 13.1 Å². The van der Waals surface area contributed by atoms with E-state index in [0.717, 1.165) is 24.7 Å². The molecule has 1 atom stereocenters. The second-order valence-electron chi connectivity index (χ2n) is 3.92. The number of aryl methyl sites for hydroxylation is 1. The number of nitrogens with zero attached hydrogens (tertiary/aromatic N) is 2. The van der Waals surface area contributed by atoms with Crippen molar-refractivity contribution in [3.8, 4) is 0 Å². The summed E-state index contributed by atoms with van der Waals surface area (Å²) in [6.07, 6.45) is 6.72. The number of rotatable bonds is 2. The number of hydrogen-bond donors (Lipinski definition) is 1. The minimum absolute atomic E-state index is 0.794. The van der Waals surface area contributed by atoms with E-state index in [1.54, 1.807) is 0 Å². The van der Waals surface area contributed by atoms with Crippen LogP contribution in [0, 0.1) is 12.8 Å². The predicted octanol–water partition coefficient (Wildman–Crippen LogP) is 3.24. The Bertz CT molecular complexity index is 262. The Kier molecular flexibility index (Phi) is 9.83. The molecule has 0 amide bonds. The van der Waals surface area contributed by atoms with Gasteiger partial charge in [0.05, 0.1) is 12.0 Å². The van der Waals surface area contributed by atoms with E-state index in [2.05, 4.69) is 21.1 Å². The molecule has 3 nitrogen and oxygen atoms in total. The predicted molar refractivity (Wildman–Crippen MR) is 75.3 cm³/mol. The van der Waals surface area contributed by atoms with E-state index in [9.17, 15) is 0 Å². The molecule has 1 N–H and O–H groups in total. The standard InChI is InChI=1S/C10H17N3.2C2H6/c1-9-6-13(8-12-9)7-10-3-2-4-11-5-10;2*1-2/h6,8,10-11H,2-5,7H2,1H3;2*1-2H3. The molecule has 2 rings (SSSR count). The first-order valence-electron chi connectivity index (χ1n) is 7.03. The monoisotopic (exact) mass is 239 g/mol. The SMILES string of the molecule is CC.CC.Cc1cn(CC2CCCNC2)cn1. The van der Waals surface area contributed by atoms with Crippen LogP contribution in [0.1, 0.15) is 46.2 Å². The molecule has 0 radical (unpaired) electrons. The van der Waals surface area contributed by atoms with E-state index in [-0.39, 0.29) is 0 Å². The molecule has 3 heteroatoms. The van der Waals surface area contributed by atoms with E-state index in [0.29, 0.717) is 0 Å². The minimum Gasteiger partial charge on any atom is -0.337 e. The van der Waals surface area contributed by atoms with Crippen LogP contribution in [0.5, 0.6) is 0 Å². The summed E-state index contributed by atoms with van der Waals surface area (Å²) in [6, 6.07) is 0. The zero-order chi connectivity index (χ0) is 13.1. The van der Waals surface area contributed by atoms with Crippen LogP contribution in [0.25, 0.3) is 0 Å². The highest BCUT2D eigenvalue weighted by molar-refractivity contribution is 4.92. The maximum absolute atomic E-state index is 4.22. The fourth-order valence-corrected chi connectivity index (χ4v) is 1.95. The molecule has 0 spiro atoms. The molecule has 1 saturated heterocycles. The maximum Gasteiger partial charge on any atom is 0.0949 e. The average Bonchev–Trinajstić information content (AvgIpc) is 2.81. The average molecular weight is 239 g/mol. The van der Waals surface area contributed by atoms with Gasteiger partial charge in [-0.3, -0.25) is 0 Å². The first kappa shape index (κ1) is 16.2. The van der Waals surface area contributed by atoms with Crippen molar-refractivity contribution in [3.63, 3.8) is 0 Å². The molecule has 17 heavy (non-hydrogen) atoms. The van der Waals surface area contributed by atoms with E-state index in [1.165, 1.54) is 19.4 Å². The van der Waals surface area contributed by atoms with Crippen LogP contribution in [-0.4, -0.2) is 22.6 Å². The highest BCUT2D eigenvalue weighted by Gasteiger charge is 2.12. The zero-order valence-corrected chi connectivity index (χ0v) is 12.2. The van der Waals surface area contributed by atoms with Gasteiger partial charge in [-0.2, -0.15) is 0 Å². The van der Waals surface area contributed by atoms with Gasteiger partial charge in [0.1, 0.15) is 0 Å². The third kappa shape index (κ3) is 6.47. The third-order valence-electron chi connectivity index (χ3n) is 2.63. The van der Waals surface area contributed by atoms with Gasteiger partial charge < -0.3 is 9.88 Å². The van der Waals surface area contributed by atoms with Gasteiger partial charge in [0.25, 0.3) is 0 Å². The van der Waals surface area contributed by atoms with E-state index in [1.807, 2.05) is 40.9 Å². The van der Waals surface area contributed by atoms with Crippen LogP contribution in [0.3, 0.4) is 0 Å². The molecular weight excluding hydrogens is 210 g/mol. The molecule has 2 heterocycles. The number of piperidine rings is 1.